The molecule has 8 nitrogen and oxygen atoms in total. The first-order valence-electron chi connectivity index (χ1n) is 12.6. The predicted molar refractivity (Wildman–Crippen MR) is 139 cm³/mol. The normalized spacial score (nSPS) is 22.5. The van der Waals surface area contributed by atoms with Crippen LogP contribution in [0.2, 0.25) is 5.02 Å². The lowest BCUT2D eigenvalue weighted by molar-refractivity contribution is -0.137. The molecular formula is C26H27ClF3N5O3S. The number of likely N-dealkylation sites (tertiary alicyclic amines) is 1. The fraction of sp³-hybridized carbons (Fsp3) is 0.423. The molecule has 1 aliphatic heterocycles. The van der Waals surface area contributed by atoms with Gasteiger partial charge in [0.1, 0.15) is 23.1 Å². The van der Waals surface area contributed by atoms with E-state index in [9.17, 15) is 21.6 Å². The number of benzene rings is 1. The molecule has 39 heavy (non-hydrogen) atoms. The van der Waals surface area contributed by atoms with Gasteiger partial charge >= 0.3 is 6.18 Å². The lowest BCUT2D eigenvalue weighted by atomic mass is 9.79. The zero-order valence-electron chi connectivity index (χ0n) is 20.8. The van der Waals surface area contributed by atoms with Crippen molar-refractivity contribution in [3.8, 4) is 5.88 Å². The second-order valence-corrected chi connectivity index (χ2v) is 11.8. The summed E-state index contributed by atoms with van der Waals surface area (Å²) in [6, 6.07) is 8.33. The summed E-state index contributed by atoms with van der Waals surface area (Å²) >= 11 is 6.34. The van der Waals surface area contributed by atoms with Gasteiger partial charge in [0.05, 0.1) is 16.8 Å². The number of hydrogen-bond donors (Lipinski definition) is 1. The van der Waals surface area contributed by atoms with Gasteiger partial charge in [-0.25, -0.2) is 23.4 Å². The molecule has 0 radical (unpaired) electrons. The SMILES string of the molecule is O=S(=O)(Nc1ccncn1)c1cnc(O[C@H]2CC[C@H](c3cccc(C(F)(F)F)c3)C[C@@H]2N2CCCC2)cc1Cl. The molecule has 0 bridgehead atoms. The highest BCUT2D eigenvalue weighted by Crippen LogP contribution is 2.40. The summed E-state index contributed by atoms with van der Waals surface area (Å²) in [4.78, 5) is 13.9. The van der Waals surface area contributed by atoms with Gasteiger partial charge in [-0.3, -0.25) is 9.62 Å². The highest BCUT2D eigenvalue weighted by Gasteiger charge is 2.38. The summed E-state index contributed by atoms with van der Waals surface area (Å²) in [6.07, 6.45) is 3.11. The van der Waals surface area contributed by atoms with E-state index in [0.717, 1.165) is 38.2 Å². The average Bonchev–Trinajstić information content (AvgIpc) is 3.44. The summed E-state index contributed by atoms with van der Waals surface area (Å²) < 4.78 is 74.1. The second kappa shape index (κ2) is 11.3. The van der Waals surface area contributed by atoms with Gasteiger partial charge in [0.2, 0.25) is 5.88 Å². The fourth-order valence-corrected chi connectivity index (χ4v) is 6.81. The van der Waals surface area contributed by atoms with Crippen LogP contribution in [0, 0.1) is 0 Å². The molecule has 1 saturated heterocycles. The molecule has 208 valence electrons. The number of pyridine rings is 1. The number of sulfonamides is 1. The van der Waals surface area contributed by atoms with E-state index in [1.54, 1.807) is 6.07 Å². The molecule has 3 atom stereocenters. The topological polar surface area (TPSA) is 97.3 Å². The smallest absolute Gasteiger partial charge is 0.416 e. The highest BCUT2D eigenvalue weighted by atomic mass is 35.5. The van der Waals surface area contributed by atoms with Crippen molar-refractivity contribution in [2.75, 3.05) is 17.8 Å². The van der Waals surface area contributed by atoms with Crippen LogP contribution in [0.4, 0.5) is 19.0 Å². The Morgan fingerprint density at radius 2 is 1.87 bits per heavy atom. The number of nitrogens with zero attached hydrogens (tertiary/aromatic N) is 4. The summed E-state index contributed by atoms with van der Waals surface area (Å²) in [7, 11) is -4.05. The molecule has 1 aromatic carbocycles. The van der Waals surface area contributed by atoms with E-state index in [1.165, 1.54) is 36.8 Å². The van der Waals surface area contributed by atoms with Crippen LogP contribution in [0.5, 0.6) is 5.88 Å². The Balaban J connectivity index is 1.33. The predicted octanol–water partition coefficient (Wildman–Crippen LogP) is 5.52. The summed E-state index contributed by atoms with van der Waals surface area (Å²) in [5, 5.41) is -0.0584. The van der Waals surface area contributed by atoms with Crippen LogP contribution in [0.3, 0.4) is 0 Å². The van der Waals surface area contributed by atoms with Gasteiger partial charge in [0.25, 0.3) is 10.0 Å². The molecule has 3 heterocycles. The van der Waals surface area contributed by atoms with Crippen LogP contribution in [0.25, 0.3) is 0 Å². The van der Waals surface area contributed by atoms with Gasteiger partial charge in [0, 0.05) is 18.3 Å². The summed E-state index contributed by atoms with van der Waals surface area (Å²) in [5.41, 5.74) is 0.0403. The Morgan fingerprint density at radius 1 is 1.08 bits per heavy atom. The van der Waals surface area contributed by atoms with E-state index in [2.05, 4.69) is 24.6 Å². The average molecular weight is 582 g/mol. The number of hydrogen-bond acceptors (Lipinski definition) is 7. The quantitative estimate of drug-likeness (QED) is 0.392. The number of rotatable bonds is 7. The highest BCUT2D eigenvalue weighted by molar-refractivity contribution is 7.92. The van der Waals surface area contributed by atoms with Gasteiger partial charge in [-0.2, -0.15) is 13.2 Å². The number of nitrogens with one attached hydrogen (secondary N) is 1. The van der Waals surface area contributed by atoms with Gasteiger partial charge in [-0.15, -0.1) is 0 Å². The molecule has 0 amide bonds. The summed E-state index contributed by atoms with van der Waals surface area (Å²) in [5.74, 6) is 0.245. The standard InChI is InChI=1S/C26H27ClF3N5O3S/c27-20-14-25(32-15-23(20)39(36,37)34-24-8-9-31-16-33-24)38-22-7-6-18(13-21(22)35-10-1-2-11-35)17-4-3-5-19(12-17)26(28,29)30/h3-5,8-9,12,14-16,18,21-22H,1-2,6-7,10-11,13H2,(H,31,33,34)/t18-,21-,22-/m0/s1. The molecule has 3 aromatic rings. The number of anilines is 1. The fourth-order valence-electron chi connectivity index (χ4n) is 5.35. The molecule has 1 N–H and O–H groups in total. The molecule has 0 spiro atoms. The molecule has 2 fully saturated rings. The Labute approximate surface area is 229 Å². The van der Waals surface area contributed by atoms with E-state index < -0.39 is 21.8 Å². The number of ether oxygens (including phenoxy) is 1. The zero-order valence-corrected chi connectivity index (χ0v) is 22.4. The van der Waals surface area contributed by atoms with E-state index in [-0.39, 0.29) is 39.7 Å². The molecule has 0 unspecified atom stereocenters. The molecule has 5 rings (SSSR count). The Morgan fingerprint density at radius 3 is 2.56 bits per heavy atom. The maximum Gasteiger partial charge on any atom is 0.416 e. The van der Waals surface area contributed by atoms with Crippen molar-refractivity contribution >= 4 is 27.4 Å². The Kier molecular flexibility index (Phi) is 7.97. The van der Waals surface area contributed by atoms with Crippen molar-refractivity contribution in [2.45, 2.75) is 61.2 Å². The first kappa shape index (κ1) is 27.6. The summed E-state index contributed by atoms with van der Waals surface area (Å²) in [6.45, 7) is 1.78. The third-order valence-electron chi connectivity index (χ3n) is 7.23. The van der Waals surface area contributed by atoms with Crippen molar-refractivity contribution in [2.24, 2.45) is 0 Å². The van der Waals surface area contributed by atoms with E-state index in [1.807, 2.05) is 0 Å². The number of halogens is 4. The molecule has 2 aliphatic rings. The van der Waals surface area contributed by atoms with Crippen molar-refractivity contribution in [3.63, 3.8) is 0 Å². The first-order valence-corrected chi connectivity index (χ1v) is 14.5. The van der Waals surface area contributed by atoms with E-state index in [4.69, 9.17) is 16.3 Å². The maximum absolute atomic E-state index is 13.3. The maximum atomic E-state index is 13.3. The van der Waals surface area contributed by atoms with E-state index in [0.29, 0.717) is 24.8 Å². The van der Waals surface area contributed by atoms with Crippen LogP contribution in [-0.2, 0) is 16.2 Å². The minimum Gasteiger partial charge on any atom is -0.473 e. The molecule has 2 aromatic heterocycles. The van der Waals surface area contributed by atoms with Crippen LogP contribution < -0.4 is 9.46 Å². The third-order valence-corrected chi connectivity index (χ3v) is 9.03. The van der Waals surface area contributed by atoms with Gasteiger partial charge in [-0.05, 0) is 68.8 Å². The lowest BCUT2D eigenvalue weighted by Crippen LogP contribution is -2.48. The monoisotopic (exact) mass is 581 g/mol. The largest absolute Gasteiger partial charge is 0.473 e. The Bertz CT molecular complexity index is 1410. The lowest BCUT2D eigenvalue weighted by Gasteiger charge is -2.41. The van der Waals surface area contributed by atoms with Crippen LogP contribution in [0.1, 0.15) is 49.1 Å². The van der Waals surface area contributed by atoms with Gasteiger partial charge in [-0.1, -0.05) is 29.8 Å². The Hall–Kier alpha value is -2.96. The number of alkyl halides is 3. The van der Waals surface area contributed by atoms with Crippen molar-refractivity contribution in [1.29, 1.82) is 0 Å². The van der Waals surface area contributed by atoms with Gasteiger partial charge in [0.15, 0.2) is 0 Å². The second-order valence-electron chi connectivity index (χ2n) is 9.75. The van der Waals surface area contributed by atoms with E-state index >= 15 is 0 Å². The third kappa shape index (κ3) is 6.44. The van der Waals surface area contributed by atoms with Crippen molar-refractivity contribution in [3.05, 3.63) is 71.3 Å². The van der Waals surface area contributed by atoms with Crippen LogP contribution >= 0.6 is 11.6 Å². The minimum absolute atomic E-state index is 0.0239. The molecular weight excluding hydrogens is 555 g/mol. The molecule has 1 aliphatic carbocycles. The molecule has 13 heteroatoms. The zero-order chi connectivity index (χ0) is 27.6. The first-order chi connectivity index (χ1) is 18.6. The molecule has 1 saturated carbocycles. The minimum atomic E-state index is -4.39. The number of aromatic nitrogens is 3. The van der Waals surface area contributed by atoms with Crippen LogP contribution in [0.15, 0.2) is 60.0 Å². The van der Waals surface area contributed by atoms with Crippen LogP contribution in [-0.4, -0.2) is 53.5 Å². The van der Waals surface area contributed by atoms with Crippen molar-refractivity contribution in [1.82, 2.24) is 19.9 Å². The van der Waals surface area contributed by atoms with Gasteiger partial charge < -0.3 is 4.74 Å². The van der Waals surface area contributed by atoms with Crippen molar-refractivity contribution < 1.29 is 26.3 Å².